The van der Waals surface area contributed by atoms with Gasteiger partial charge < -0.3 is 10.1 Å². The average molecular weight is 500 g/mol. The molecule has 3 aromatic carbocycles. The van der Waals surface area contributed by atoms with Gasteiger partial charge in [0.1, 0.15) is 5.75 Å². The van der Waals surface area contributed by atoms with E-state index in [2.05, 4.69) is 10.4 Å². The lowest BCUT2D eigenvalue weighted by molar-refractivity contribution is -0.141. The van der Waals surface area contributed by atoms with Gasteiger partial charge in [-0.3, -0.25) is 4.79 Å². The minimum Gasteiger partial charge on any atom is -0.494 e. The van der Waals surface area contributed by atoms with Crippen LogP contribution in [0.4, 0.5) is 13.2 Å². The number of rotatable bonds is 7. The average Bonchev–Trinajstić information content (AvgIpc) is 3.30. The van der Waals surface area contributed by atoms with Gasteiger partial charge in [-0.2, -0.15) is 18.3 Å². The predicted octanol–water partition coefficient (Wildman–Crippen LogP) is 6.54. The van der Waals surface area contributed by atoms with E-state index >= 15 is 0 Å². The van der Waals surface area contributed by atoms with Gasteiger partial charge in [-0.05, 0) is 43.3 Å². The maximum absolute atomic E-state index is 13.4. The summed E-state index contributed by atoms with van der Waals surface area (Å²) in [5.74, 6) is 0.373. The molecule has 0 aliphatic rings. The molecule has 35 heavy (non-hydrogen) atoms. The van der Waals surface area contributed by atoms with Crippen molar-refractivity contribution in [2.75, 3.05) is 6.61 Å². The molecule has 0 atom stereocenters. The molecule has 0 fully saturated rings. The molecule has 0 radical (unpaired) electrons. The van der Waals surface area contributed by atoms with Crippen molar-refractivity contribution >= 4 is 17.5 Å². The topological polar surface area (TPSA) is 56.1 Å². The van der Waals surface area contributed by atoms with E-state index in [4.69, 9.17) is 16.3 Å². The standard InChI is InChI=1S/C26H21ClF3N3O2/c1-2-35-23-10-6-3-7-19(23)16-31-25(34)18-13-11-17(12-14-18)22-15-24(26(28,29)30)32-33(22)21-9-5-4-8-20(21)27/h3-15H,2,16H2,1H3,(H,31,34). The van der Waals surface area contributed by atoms with Crippen LogP contribution < -0.4 is 10.1 Å². The second-order valence-corrected chi connectivity index (χ2v) is 7.98. The van der Waals surface area contributed by atoms with Crippen molar-refractivity contribution in [1.29, 1.82) is 0 Å². The van der Waals surface area contributed by atoms with Crippen molar-refractivity contribution < 1.29 is 22.7 Å². The summed E-state index contributed by atoms with van der Waals surface area (Å²) in [5.41, 5.74) is 1.12. The lowest BCUT2D eigenvalue weighted by Gasteiger charge is -2.12. The van der Waals surface area contributed by atoms with Crippen LogP contribution in [0.2, 0.25) is 5.02 Å². The third kappa shape index (κ3) is 5.49. The number of para-hydroxylation sites is 2. The highest BCUT2D eigenvalue weighted by Gasteiger charge is 2.35. The van der Waals surface area contributed by atoms with Crippen molar-refractivity contribution in [1.82, 2.24) is 15.1 Å². The highest BCUT2D eigenvalue weighted by molar-refractivity contribution is 6.32. The fourth-order valence-electron chi connectivity index (χ4n) is 3.55. The molecule has 0 unspecified atom stereocenters. The van der Waals surface area contributed by atoms with Crippen molar-refractivity contribution in [2.45, 2.75) is 19.6 Å². The van der Waals surface area contributed by atoms with Crippen LogP contribution in [0, 0.1) is 0 Å². The van der Waals surface area contributed by atoms with E-state index in [1.807, 2.05) is 31.2 Å². The normalized spacial score (nSPS) is 11.3. The Morgan fingerprint density at radius 2 is 1.71 bits per heavy atom. The number of nitrogens with zero attached hydrogens (tertiary/aromatic N) is 2. The van der Waals surface area contributed by atoms with Gasteiger partial charge in [0.05, 0.1) is 23.0 Å². The number of alkyl halides is 3. The number of hydrogen-bond acceptors (Lipinski definition) is 3. The van der Waals surface area contributed by atoms with Crippen molar-refractivity contribution in [3.8, 4) is 22.7 Å². The second kappa shape index (κ2) is 10.2. The smallest absolute Gasteiger partial charge is 0.435 e. The largest absolute Gasteiger partial charge is 0.494 e. The number of halogens is 4. The molecule has 1 amide bonds. The summed E-state index contributed by atoms with van der Waals surface area (Å²) in [5, 5.41) is 6.85. The third-order valence-electron chi connectivity index (χ3n) is 5.24. The zero-order chi connectivity index (χ0) is 25.0. The molecule has 1 N–H and O–H groups in total. The molecule has 0 saturated carbocycles. The zero-order valence-electron chi connectivity index (χ0n) is 18.6. The van der Waals surface area contributed by atoms with E-state index in [0.29, 0.717) is 29.2 Å². The highest BCUT2D eigenvalue weighted by Crippen LogP contribution is 2.34. The third-order valence-corrected chi connectivity index (χ3v) is 5.55. The van der Waals surface area contributed by atoms with Crippen molar-refractivity contribution in [3.05, 3.63) is 101 Å². The van der Waals surface area contributed by atoms with E-state index in [9.17, 15) is 18.0 Å². The van der Waals surface area contributed by atoms with E-state index in [1.54, 1.807) is 48.5 Å². The summed E-state index contributed by atoms with van der Waals surface area (Å²) < 4.78 is 47.0. The van der Waals surface area contributed by atoms with Crippen LogP contribution in [-0.4, -0.2) is 22.3 Å². The summed E-state index contributed by atoms with van der Waals surface area (Å²) in [7, 11) is 0. The number of carbonyl (C=O) groups is 1. The van der Waals surface area contributed by atoms with Gasteiger partial charge >= 0.3 is 6.18 Å². The first kappa shape index (κ1) is 24.3. The number of aromatic nitrogens is 2. The number of nitrogens with one attached hydrogen (secondary N) is 1. The van der Waals surface area contributed by atoms with E-state index in [-0.39, 0.29) is 23.2 Å². The van der Waals surface area contributed by atoms with E-state index in [0.717, 1.165) is 16.3 Å². The Labute approximate surface area is 205 Å². The molecular formula is C26H21ClF3N3O2. The molecule has 1 aromatic heterocycles. The molecular weight excluding hydrogens is 479 g/mol. The monoisotopic (exact) mass is 499 g/mol. The van der Waals surface area contributed by atoms with Gasteiger partial charge in [0.25, 0.3) is 5.91 Å². The van der Waals surface area contributed by atoms with Crippen LogP contribution in [-0.2, 0) is 12.7 Å². The summed E-state index contributed by atoms with van der Waals surface area (Å²) in [6.07, 6.45) is -4.63. The van der Waals surface area contributed by atoms with Crippen LogP contribution >= 0.6 is 11.6 Å². The van der Waals surface area contributed by atoms with Gasteiger partial charge in [-0.15, -0.1) is 0 Å². The fraction of sp³-hybridized carbons (Fsp3) is 0.154. The quantitative estimate of drug-likeness (QED) is 0.314. The van der Waals surface area contributed by atoms with Crippen molar-refractivity contribution in [3.63, 3.8) is 0 Å². The summed E-state index contributed by atoms with van der Waals surface area (Å²) in [4.78, 5) is 12.7. The molecule has 9 heteroatoms. The Balaban J connectivity index is 1.59. The molecule has 0 aliphatic carbocycles. The van der Waals surface area contributed by atoms with Crippen LogP contribution in [0.1, 0.15) is 28.5 Å². The highest BCUT2D eigenvalue weighted by atomic mass is 35.5. The molecule has 4 rings (SSSR count). The summed E-state index contributed by atoms with van der Waals surface area (Å²) in [6.45, 7) is 2.66. The van der Waals surface area contributed by atoms with E-state index in [1.165, 1.54) is 0 Å². The maximum atomic E-state index is 13.4. The van der Waals surface area contributed by atoms with Gasteiger partial charge in [0.2, 0.25) is 0 Å². The van der Waals surface area contributed by atoms with Crippen LogP contribution in [0.3, 0.4) is 0 Å². The predicted molar refractivity (Wildman–Crippen MR) is 128 cm³/mol. The van der Waals surface area contributed by atoms with Crippen molar-refractivity contribution in [2.24, 2.45) is 0 Å². The summed E-state index contributed by atoms with van der Waals surface area (Å²) >= 11 is 6.22. The van der Waals surface area contributed by atoms with Crippen LogP contribution in [0.25, 0.3) is 16.9 Å². The Hall–Kier alpha value is -3.78. The van der Waals surface area contributed by atoms with Gasteiger partial charge in [0, 0.05) is 23.2 Å². The zero-order valence-corrected chi connectivity index (χ0v) is 19.4. The molecule has 0 spiro atoms. The van der Waals surface area contributed by atoms with E-state index < -0.39 is 11.9 Å². The number of amides is 1. The minimum absolute atomic E-state index is 0.197. The van der Waals surface area contributed by atoms with Gasteiger partial charge in [-0.1, -0.05) is 54.1 Å². The number of carbonyl (C=O) groups excluding carboxylic acids is 1. The molecule has 0 aliphatic heterocycles. The Morgan fingerprint density at radius 3 is 2.40 bits per heavy atom. The lowest BCUT2D eigenvalue weighted by atomic mass is 10.1. The minimum atomic E-state index is -4.63. The first-order valence-electron chi connectivity index (χ1n) is 10.8. The molecule has 1 heterocycles. The second-order valence-electron chi connectivity index (χ2n) is 7.58. The molecule has 0 saturated heterocycles. The number of hydrogen-bond donors (Lipinski definition) is 1. The number of ether oxygens (including phenoxy) is 1. The SMILES string of the molecule is CCOc1ccccc1CNC(=O)c1ccc(-c2cc(C(F)(F)F)nn2-c2ccccc2Cl)cc1. The maximum Gasteiger partial charge on any atom is 0.435 e. The molecule has 5 nitrogen and oxygen atoms in total. The molecule has 0 bridgehead atoms. The van der Waals surface area contributed by atoms with Crippen LogP contribution in [0.15, 0.2) is 78.9 Å². The molecule has 4 aromatic rings. The fourth-order valence-corrected chi connectivity index (χ4v) is 3.76. The van der Waals surface area contributed by atoms with Crippen LogP contribution in [0.5, 0.6) is 5.75 Å². The summed E-state index contributed by atoms with van der Waals surface area (Å²) in [6, 6.07) is 21.1. The van der Waals surface area contributed by atoms with Gasteiger partial charge in [0.15, 0.2) is 5.69 Å². The Kier molecular flexibility index (Phi) is 7.12. The first-order valence-corrected chi connectivity index (χ1v) is 11.2. The Morgan fingerprint density at radius 1 is 1.03 bits per heavy atom. The van der Waals surface area contributed by atoms with Gasteiger partial charge in [-0.25, -0.2) is 4.68 Å². The first-order chi connectivity index (χ1) is 16.8. The molecule has 180 valence electrons. The lowest BCUT2D eigenvalue weighted by Crippen LogP contribution is -2.23. The Bertz CT molecular complexity index is 1330. The number of benzene rings is 3.